The number of nitrogens with two attached hydrogens (primary N) is 1. The molecule has 0 radical (unpaired) electrons. The largest absolute Gasteiger partial charge is 0.378 e. The summed E-state index contributed by atoms with van der Waals surface area (Å²) in [6.07, 6.45) is 5.48. The molecule has 0 bridgehead atoms. The summed E-state index contributed by atoms with van der Waals surface area (Å²) in [5.41, 5.74) is 6.11. The lowest BCUT2D eigenvalue weighted by Crippen LogP contribution is -2.48. The molecular weight excluding hydrogens is 240 g/mol. The zero-order valence-electron chi connectivity index (χ0n) is 12.3. The maximum Gasteiger partial charge on any atom is 0.226 e. The first-order valence-corrected chi connectivity index (χ1v) is 7.79. The fourth-order valence-corrected chi connectivity index (χ4v) is 3.46. The second-order valence-electron chi connectivity index (χ2n) is 6.04. The van der Waals surface area contributed by atoms with E-state index in [1.54, 1.807) is 0 Å². The van der Waals surface area contributed by atoms with Gasteiger partial charge in [-0.15, -0.1) is 0 Å². The summed E-state index contributed by atoms with van der Waals surface area (Å²) in [7, 11) is 0. The van der Waals surface area contributed by atoms with E-state index in [0.717, 1.165) is 51.8 Å². The molecule has 1 amide bonds. The minimum atomic E-state index is 0.146. The van der Waals surface area contributed by atoms with Gasteiger partial charge in [-0.2, -0.15) is 0 Å². The Kier molecular flexibility index (Phi) is 5.22. The van der Waals surface area contributed by atoms with Crippen LogP contribution in [0.1, 0.15) is 46.0 Å². The molecule has 1 aliphatic carbocycles. The second-order valence-corrected chi connectivity index (χ2v) is 6.04. The molecule has 2 rings (SSSR count). The van der Waals surface area contributed by atoms with Crippen LogP contribution in [-0.4, -0.2) is 42.6 Å². The summed E-state index contributed by atoms with van der Waals surface area (Å²) in [5, 5.41) is 0. The maximum atomic E-state index is 12.6. The molecule has 110 valence electrons. The van der Waals surface area contributed by atoms with Gasteiger partial charge in [0.15, 0.2) is 0 Å². The third kappa shape index (κ3) is 3.48. The SMILES string of the molecule is CCOC1CCN(C(=O)C2CCCC(N)C2C)CC1. The zero-order valence-corrected chi connectivity index (χ0v) is 12.3. The second kappa shape index (κ2) is 6.71. The highest BCUT2D eigenvalue weighted by molar-refractivity contribution is 5.79. The first kappa shape index (κ1) is 14.8. The summed E-state index contributed by atoms with van der Waals surface area (Å²) in [4.78, 5) is 14.6. The van der Waals surface area contributed by atoms with Crippen molar-refractivity contribution >= 4 is 5.91 Å². The summed E-state index contributed by atoms with van der Waals surface area (Å²) < 4.78 is 5.64. The normalized spacial score (nSPS) is 33.4. The van der Waals surface area contributed by atoms with Crippen LogP contribution in [0.5, 0.6) is 0 Å². The van der Waals surface area contributed by atoms with Gasteiger partial charge in [0.25, 0.3) is 0 Å². The third-order valence-electron chi connectivity index (χ3n) is 4.84. The van der Waals surface area contributed by atoms with Crippen LogP contribution in [0.2, 0.25) is 0 Å². The van der Waals surface area contributed by atoms with Crippen molar-refractivity contribution in [3.8, 4) is 0 Å². The molecule has 0 aromatic carbocycles. The number of carbonyl (C=O) groups excluding carboxylic acids is 1. The highest BCUT2D eigenvalue weighted by Crippen LogP contribution is 2.31. The van der Waals surface area contributed by atoms with Gasteiger partial charge in [-0.3, -0.25) is 4.79 Å². The lowest BCUT2D eigenvalue weighted by atomic mass is 9.76. The number of likely N-dealkylation sites (tertiary alicyclic amines) is 1. The summed E-state index contributed by atoms with van der Waals surface area (Å²) >= 11 is 0. The molecule has 3 atom stereocenters. The van der Waals surface area contributed by atoms with Gasteiger partial charge in [0.05, 0.1) is 6.10 Å². The minimum Gasteiger partial charge on any atom is -0.378 e. The number of amides is 1. The zero-order chi connectivity index (χ0) is 13.8. The Hall–Kier alpha value is -0.610. The number of hydrogen-bond acceptors (Lipinski definition) is 3. The van der Waals surface area contributed by atoms with E-state index in [1.807, 2.05) is 11.8 Å². The van der Waals surface area contributed by atoms with E-state index in [2.05, 4.69) is 6.92 Å². The van der Waals surface area contributed by atoms with Crippen LogP contribution in [0.15, 0.2) is 0 Å². The molecule has 1 aliphatic heterocycles. The molecule has 0 aromatic rings. The maximum absolute atomic E-state index is 12.6. The fourth-order valence-electron chi connectivity index (χ4n) is 3.46. The van der Waals surface area contributed by atoms with Crippen molar-refractivity contribution in [2.24, 2.45) is 17.6 Å². The van der Waals surface area contributed by atoms with Gasteiger partial charge in [0.1, 0.15) is 0 Å². The molecule has 19 heavy (non-hydrogen) atoms. The van der Waals surface area contributed by atoms with E-state index in [-0.39, 0.29) is 12.0 Å². The minimum absolute atomic E-state index is 0.146. The Balaban J connectivity index is 1.86. The van der Waals surface area contributed by atoms with Crippen molar-refractivity contribution in [3.05, 3.63) is 0 Å². The van der Waals surface area contributed by atoms with Gasteiger partial charge in [-0.25, -0.2) is 0 Å². The van der Waals surface area contributed by atoms with Crippen LogP contribution < -0.4 is 5.73 Å². The van der Waals surface area contributed by atoms with E-state index in [1.165, 1.54) is 0 Å². The predicted octanol–water partition coefficient (Wildman–Crippen LogP) is 1.78. The van der Waals surface area contributed by atoms with Gasteiger partial charge >= 0.3 is 0 Å². The number of piperidine rings is 1. The van der Waals surface area contributed by atoms with Gasteiger partial charge in [-0.1, -0.05) is 13.3 Å². The molecule has 4 heteroatoms. The topological polar surface area (TPSA) is 55.6 Å². The van der Waals surface area contributed by atoms with Crippen molar-refractivity contribution in [2.45, 2.75) is 58.1 Å². The van der Waals surface area contributed by atoms with Crippen molar-refractivity contribution in [2.75, 3.05) is 19.7 Å². The quantitative estimate of drug-likeness (QED) is 0.849. The fraction of sp³-hybridized carbons (Fsp3) is 0.933. The first-order valence-electron chi connectivity index (χ1n) is 7.79. The standard InChI is InChI=1S/C15H28N2O2/c1-3-19-12-7-9-17(10-8-12)15(18)13-5-4-6-14(16)11(13)2/h11-14H,3-10,16H2,1-2H3. The Morgan fingerprint density at radius 1 is 1.26 bits per heavy atom. The molecule has 1 heterocycles. The number of rotatable bonds is 3. The smallest absolute Gasteiger partial charge is 0.226 e. The molecule has 1 saturated carbocycles. The van der Waals surface area contributed by atoms with Crippen molar-refractivity contribution in [3.63, 3.8) is 0 Å². The van der Waals surface area contributed by atoms with Crippen LogP contribution in [-0.2, 0) is 9.53 Å². The van der Waals surface area contributed by atoms with Crippen LogP contribution in [0, 0.1) is 11.8 Å². The van der Waals surface area contributed by atoms with Crippen molar-refractivity contribution in [1.29, 1.82) is 0 Å². The number of ether oxygens (including phenoxy) is 1. The van der Waals surface area contributed by atoms with E-state index in [9.17, 15) is 4.79 Å². The highest BCUT2D eigenvalue weighted by Gasteiger charge is 2.36. The number of carbonyl (C=O) groups is 1. The molecule has 0 aromatic heterocycles. The lowest BCUT2D eigenvalue weighted by Gasteiger charge is -2.39. The molecule has 1 saturated heterocycles. The van der Waals surface area contributed by atoms with Crippen LogP contribution >= 0.6 is 0 Å². The average Bonchev–Trinajstić information content (AvgIpc) is 2.42. The summed E-state index contributed by atoms with van der Waals surface area (Å²) in [5.74, 6) is 0.802. The summed E-state index contributed by atoms with van der Waals surface area (Å²) in [6.45, 7) is 6.64. The average molecular weight is 268 g/mol. The van der Waals surface area contributed by atoms with Crippen molar-refractivity contribution in [1.82, 2.24) is 4.90 Å². The highest BCUT2D eigenvalue weighted by atomic mass is 16.5. The van der Waals surface area contributed by atoms with E-state index in [4.69, 9.17) is 10.5 Å². The molecule has 4 nitrogen and oxygen atoms in total. The van der Waals surface area contributed by atoms with Crippen LogP contribution in [0.25, 0.3) is 0 Å². The van der Waals surface area contributed by atoms with Crippen molar-refractivity contribution < 1.29 is 9.53 Å². The van der Waals surface area contributed by atoms with E-state index >= 15 is 0 Å². The number of hydrogen-bond donors (Lipinski definition) is 1. The number of nitrogens with zero attached hydrogens (tertiary/aromatic N) is 1. The Morgan fingerprint density at radius 3 is 2.58 bits per heavy atom. The predicted molar refractivity (Wildman–Crippen MR) is 75.7 cm³/mol. The molecule has 2 fully saturated rings. The molecule has 0 spiro atoms. The van der Waals surface area contributed by atoms with Crippen LogP contribution in [0.4, 0.5) is 0 Å². The molecule has 2 N–H and O–H groups in total. The Labute approximate surface area is 116 Å². The molecule has 3 unspecified atom stereocenters. The van der Waals surface area contributed by atoms with E-state index < -0.39 is 0 Å². The Morgan fingerprint density at radius 2 is 1.95 bits per heavy atom. The Bertz CT molecular complexity index is 301. The van der Waals surface area contributed by atoms with Gasteiger partial charge in [0, 0.05) is 31.7 Å². The monoisotopic (exact) mass is 268 g/mol. The third-order valence-corrected chi connectivity index (χ3v) is 4.84. The summed E-state index contributed by atoms with van der Waals surface area (Å²) in [6, 6.07) is 0.198. The molecular formula is C15H28N2O2. The van der Waals surface area contributed by atoms with Gasteiger partial charge in [-0.05, 0) is 38.5 Å². The van der Waals surface area contributed by atoms with Crippen LogP contribution in [0.3, 0.4) is 0 Å². The van der Waals surface area contributed by atoms with Gasteiger partial charge in [0.2, 0.25) is 5.91 Å². The van der Waals surface area contributed by atoms with Gasteiger partial charge < -0.3 is 15.4 Å². The van der Waals surface area contributed by atoms with E-state index in [0.29, 0.717) is 17.9 Å². The first-order chi connectivity index (χ1) is 9.13. The molecule has 2 aliphatic rings. The lowest BCUT2D eigenvalue weighted by molar-refractivity contribution is -0.141.